The van der Waals surface area contributed by atoms with Crippen LogP contribution in [0.2, 0.25) is 0 Å². The van der Waals surface area contributed by atoms with Crippen LogP contribution in [0, 0.1) is 11.3 Å². The zero-order chi connectivity index (χ0) is 19.9. The summed E-state index contributed by atoms with van der Waals surface area (Å²) in [5.74, 6) is -0.192. The summed E-state index contributed by atoms with van der Waals surface area (Å²) < 4.78 is 10.2. The third-order valence-electron chi connectivity index (χ3n) is 3.89. The molecule has 3 aromatic rings. The lowest BCUT2D eigenvalue weighted by Crippen LogP contribution is -2.08. The second kappa shape index (κ2) is 8.64. The predicted molar refractivity (Wildman–Crippen MR) is 104 cm³/mol. The molecule has 0 bridgehead atoms. The highest BCUT2D eigenvalue weighted by atomic mass is 16.6. The molecule has 1 aromatic heterocycles. The number of hydrogen-bond acceptors (Lipinski definition) is 7. The molecule has 0 spiro atoms. The van der Waals surface area contributed by atoms with Gasteiger partial charge in [0.05, 0.1) is 0 Å². The topological polar surface area (TPSA) is 92.2 Å². The summed E-state index contributed by atoms with van der Waals surface area (Å²) in [6, 6.07) is 18.6. The van der Waals surface area contributed by atoms with Gasteiger partial charge in [-0.15, -0.1) is 0 Å². The van der Waals surface area contributed by atoms with E-state index in [0.717, 1.165) is 16.8 Å². The quantitative estimate of drug-likeness (QED) is 0.371. The van der Waals surface area contributed by atoms with E-state index in [-0.39, 0.29) is 18.1 Å². The molecule has 0 fully saturated rings. The number of nitrogens with zero attached hydrogens (tertiary/aromatic N) is 4. The van der Waals surface area contributed by atoms with Crippen molar-refractivity contribution in [2.24, 2.45) is 0 Å². The number of ether oxygens (including phenoxy) is 1. The van der Waals surface area contributed by atoms with Gasteiger partial charge in [0.25, 0.3) is 5.89 Å². The van der Waals surface area contributed by atoms with Gasteiger partial charge in [0.15, 0.2) is 6.61 Å². The zero-order valence-corrected chi connectivity index (χ0v) is 15.5. The molecule has 2 aromatic carbocycles. The van der Waals surface area contributed by atoms with Crippen LogP contribution in [0.25, 0.3) is 17.5 Å². The number of rotatable bonds is 6. The Morgan fingerprint density at radius 2 is 1.89 bits per heavy atom. The standard InChI is InChI=1S/C21H18N4O3/c1-25(2)18-10-8-15(9-11-18)12-17(13-22)21(26)27-14-19-23-20(24-28-19)16-6-4-3-5-7-16/h3-12H,14H2,1-2H3/b17-12+. The van der Waals surface area contributed by atoms with Crippen molar-refractivity contribution in [1.82, 2.24) is 10.1 Å². The minimum Gasteiger partial charge on any atom is -0.451 e. The molecule has 7 nitrogen and oxygen atoms in total. The summed E-state index contributed by atoms with van der Waals surface area (Å²) in [4.78, 5) is 18.3. The number of carbonyl (C=O) groups is 1. The molecule has 0 aliphatic heterocycles. The van der Waals surface area contributed by atoms with Crippen molar-refractivity contribution in [3.05, 3.63) is 71.6 Å². The Balaban J connectivity index is 1.64. The van der Waals surface area contributed by atoms with Crippen LogP contribution in [0.1, 0.15) is 11.5 Å². The summed E-state index contributed by atoms with van der Waals surface area (Å²) in [7, 11) is 3.87. The lowest BCUT2D eigenvalue weighted by atomic mass is 10.1. The van der Waals surface area contributed by atoms with Gasteiger partial charge in [-0.3, -0.25) is 0 Å². The van der Waals surface area contributed by atoms with Crippen LogP contribution in [0.15, 0.2) is 64.7 Å². The Morgan fingerprint density at radius 1 is 1.18 bits per heavy atom. The molecule has 140 valence electrons. The van der Waals surface area contributed by atoms with Crippen molar-refractivity contribution >= 4 is 17.7 Å². The van der Waals surface area contributed by atoms with Crippen LogP contribution in [0.4, 0.5) is 5.69 Å². The SMILES string of the molecule is CN(C)c1ccc(/C=C(\C#N)C(=O)OCc2nc(-c3ccccc3)no2)cc1. The second-order valence-corrected chi connectivity index (χ2v) is 6.11. The molecule has 0 unspecified atom stereocenters. The van der Waals surface area contributed by atoms with Gasteiger partial charge < -0.3 is 14.2 Å². The van der Waals surface area contributed by atoms with Gasteiger partial charge in [-0.05, 0) is 23.8 Å². The van der Waals surface area contributed by atoms with Gasteiger partial charge in [-0.25, -0.2) is 4.79 Å². The minimum atomic E-state index is -0.751. The molecule has 0 aliphatic rings. The lowest BCUT2D eigenvalue weighted by molar-refractivity contribution is -0.140. The maximum atomic E-state index is 12.2. The molecule has 7 heteroatoms. The molecule has 0 radical (unpaired) electrons. The summed E-state index contributed by atoms with van der Waals surface area (Å²) in [6.45, 7) is -0.211. The monoisotopic (exact) mass is 374 g/mol. The van der Waals surface area contributed by atoms with Gasteiger partial charge >= 0.3 is 5.97 Å². The molecule has 0 amide bonds. The third kappa shape index (κ3) is 4.62. The normalized spacial score (nSPS) is 11.0. The maximum Gasteiger partial charge on any atom is 0.349 e. The largest absolute Gasteiger partial charge is 0.451 e. The first kappa shape index (κ1) is 18.9. The summed E-state index contributed by atoms with van der Waals surface area (Å²) in [5.41, 5.74) is 2.43. The Kier molecular flexibility index (Phi) is 5.82. The van der Waals surface area contributed by atoms with Gasteiger partial charge in [0.2, 0.25) is 5.82 Å². The molecule has 1 heterocycles. The molecule has 0 saturated carbocycles. The second-order valence-electron chi connectivity index (χ2n) is 6.11. The lowest BCUT2D eigenvalue weighted by Gasteiger charge is -2.11. The van der Waals surface area contributed by atoms with Crippen LogP contribution in [-0.2, 0) is 16.1 Å². The third-order valence-corrected chi connectivity index (χ3v) is 3.89. The first-order valence-corrected chi connectivity index (χ1v) is 8.51. The average molecular weight is 374 g/mol. The van der Waals surface area contributed by atoms with E-state index in [4.69, 9.17) is 9.26 Å². The first-order valence-electron chi connectivity index (χ1n) is 8.51. The Hall–Kier alpha value is -3.92. The Bertz CT molecular complexity index is 1020. The Labute approximate surface area is 162 Å². The highest BCUT2D eigenvalue weighted by Crippen LogP contribution is 2.17. The van der Waals surface area contributed by atoms with Crippen molar-refractivity contribution < 1.29 is 14.1 Å². The van der Waals surface area contributed by atoms with Crippen molar-refractivity contribution in [3.63, 3.8) is 0 Å². The van der Waals surface area contributed by atoms with E-state index < -0.39 is 5.97 Å². The fourth-order valence-corrected chi connectivity index (χ4v) is 2.40. The predicted octanol–water partition coefficient (Wildman–Crippen LogP) is 3.45. The molecule has 0 saturated heterocycles. The van der Waals surface area contributed by atoms with E-state index in [1.165, 1.54) is 6.08 Å². The number of aromatic nitrogens is 2. The molecule has 3 rings (SSSR count). The van der Waals surface area contributed by atoms with Crippen LogP contribution < -0.4 is 4.90 Å². The van der Waals surface area contributed by atoms with Gasteiger partial charge in [0.1, 0.15) is 11.6 Å². The van der Waals surface area contributed by atoms with Crippen molar-refractivity contribution in [3.8, 4) is 17.5 Å². The number of hydrogen-bond donors (Lipinski definition) is 0. The van der Waals surface area contributed by atoms with Crippen LogP contribution >= 0.6 is 0 Å². The van der Waals surface area contributed by atoms with Gasteiger partial charge in [-0.1, -0.05) is 47.6 Å². The summed E-state index contributed by atoms with van der Waals surface area (Å²) in [5, 5.41) is 13.1. The average Bonchev–Trinajstić information content (AvgIpc) is 3.20. The van der Waals surface area contributed by atoms with E-state index in [1.54, 1.807) is 0 Å². The molecular weight excluding hydrogens is 356 g/mol. The molecule has 0 atom stereocenters. The molecule has 28 heavy (non-hydrogen) atoms. The van der Waals surface area contributed by atoms with Crippen LogP contribution in [0.3, 0.4) is 0 Å². The van der Waals surface area contributed by atoms with E-state index in [0.29, 0.717) is 5.82 Å². The molecular formula is C21H18N4O3. The summed E-state index contributed by atoms with van der Waals surface area (Å²) >= 11 is 0. The number of benzene rings is 2. The smallest absolute Gasteiger partial charge is 0.349 e. The first-order chi connectivity index (χ1) is 13.6. The Morgan fingerprint density at radius 3 is 2.54 bits per heavy atom. The fraction of sp³-hybridized carbons (Fsp3) is 0.143. The van der Waals surface area contributed by atoms with Crippen LogP contribution in [-0.4, -0.2) is 30.2 Å². The zero-order valence-electron chi connectivity index (χ0n) is 15.5. The molecule has 0 aliphatic carbocycles. The number of anilines is 1. The van der Waals surface area contributed by atoms with E-state index in [1.807, 2.05) is 79.7 Å². The van der Waals surface area contributed by atoms with Crippen molar-refractivity contribution in [1.29, 1.82) is 5.26 Å². The van der Waals surface area contributed by atoms with Crippen molar-refractivity contribution in [2.75, 3.05) is 19.0 Å². The highest BCUT2D eigenvalue weighted by molar-refractivity contribution is 5.97. The van der Waals surface area contributed by atoms with Crippen LogP contribution in [0.5, 0.6) is 0 Å². The van der Waals surface area contributed by atoms with Gasteiger partial charge in [-0.2, -0.15) is 10.2 Å². The number of esters is 1. The summed E-state index contributed by atoms with van der Waals surface area (Å²) in [6.07, 6.45) is 1.48. The maximum absolute atomic E-state index is 12.2. The fourth-order valence-electron chi connectivity index (χ4n) is 2.40. The number of nitriles is 1. The number of carbonyl (C=O) groups excluding carboxylic acids is 1. The van der Waals surface area contributed by atoms with Gasteiger partial charge in [0, 0.05) is 25.3 Å². The highest BCUT2D eigenvalue weighted by Gasteiger charge is 2.14. The van der Waals surface area contributed by atoms with Crippen molar-refractivity contribution in [2.45, 2.75) is 6.61 Å². The minimum absolute atomic E-state index is 0.111. The molecule has 0 N–H and O–H groups in total. The van der Waals surface area contributed by atoms with E-state index in [2.05, 4.69) is 10.1 Å². The van der Waals surface area contributed by atoms with E-state index >= 15 is 0 Å². The van der Waals surface area contributed by atoms with E-state index in [9.17, 15) is 10.1 Å².